The van der Waals surface area contributed by atoms with Gasteiger partial charge in [0.15, 0.2) is 0 Å². The molecular weight excluding hydrogens is 304 g/mol. The minimum atomic E-state index is -1.13. The van der Waals surface area contributed by atoms with E-state index in [1.54, 1.807) is 0 Å². The van der Waals surface area contributed by atoms with Crippen LogP contribution in [-0.2, 0) is 14.3 Å². The van der Waals surface area contributed by atoms with E-state index in [2.05, 4.69) is 37.7 Å². The first-order valence-electron chi connectivity index (χ1n) is 8.44. The third-order valence-corrected chi connectivity index (χ3v) is 3.86. The van der Waals surface area contributed by atoms with Crippen molar-refractivity contribution in [3.05, 3.63) is 46.6 Å². The molecule has 132 valence electrons. The van der Waals surface area contributed by atoms with Crippen LogP contribution in [0.4, 0.5) is 0 Å². The summed E-state index contributed by atoms with van der Waals surface area (Å²) in [5.74, 6) is -0.509. The molecule has 1 aliphatic heterocycles. The summed E-state index contributed by atoms with van der Waals surface area (Å²) in [5, 5.41) is 9.48. The molecule has 0 aliphatic carbocycles. The zero-order chi connectivity index (χ0) is 17.9. The first-order valence-corrected chi connectivity index (χ1v) is 8.44. The van der Waals surface area contributed by atoms with Gasteiger partial charge in [-0.15, -0.1) is 0 Å². The predicted octanol–water partition coefficient (Wildman–Crippen LogP) is 4.17. The second-order valence-corrected chi connectivity index (χ2v) is 6.35. The number of rotatable bonds is 10. The second kappa shape index (κ2) is 10.8. The fraction of sp³-hybridized carbons (Fsp3) is 0.500. The normalized spacial score (nSPS) is 18.2. The molecule has 24 heavy (non-hydrogen) atoms. The Bertz CT molecular complexity index is 560. The molecule has 1 heterocycles. The van der Waals surface area contributed by atoms with Crippen molar-refractivity contribution in [3.63, 3.8) is 0 Å². The van der Waals surface area contributed by atoms with Gasteiger partial charge in [-0.05, 0) is 64.9 Å². The summed E-state index contributed by atoms with van der Waals surface area (Å²) < 4.78 is 4.62. The first kappa shape index (κ1) is 20.1. The molecule has 1 N–H and O–H groups in total. The van der Waals surface area contributed by atoms with Crippen LogP contribution in [0.1, 0.15) is 59.3 Å². The van der Waals surface area contributed by atoms with Crippen LogP contribution in [0.5, 0.6) is 0 Å². The van der Waals surface area contributed by atoms with Gasteiger partial charge in [-0.3, -0.25) is 4.79 Å². The minimum Gasteiger partial charge on any atom is -0.429 e. The molecule has 1 atom stereocenters. The number of aliphatic hydroxyl groups excluding tert-OH is 1. The van der Waals surface area contributed by atoms with Crippen LogP contribution < -0.4 is 0 Å². The predicted molar refractivity (Wildman–Crippen MR) is 95.2 cm³/mol. The summed E-state index contributed by atoms with van der Waals surface area (Å²) in [6.07, 6.45) is 12.1. The van der Waals surface area contributed by atoms with E-state index in [1.807, 2.05) is 6.08 Å². The molecule has 4 heteroatoms. The van der Waals surface area contributed by atoms with Gasteiger partial charge in [0.1, 0.15) is 6.29 Å². The summed E-state index contributed by atoms with van der Waals surface area (Å²) in [7, 11) is 0. The molecule has 0 aromatic carbocycles. The van der Waals surface area contributed by atoms with E-state index in [4.69, 9.17) is 0 Å². The van der Waals surface area contributed by atoms with Crippen LogP contribution in [0.2, 0.25) is 0 Å². The third-order valence-electron chi connectivity index (χ3n) is 3.86. The summed E-state index contributed by atoms with van der Waals surface area (Å²) in [4.78, 5) is 22.1. The van der Waals surface area contributed by atoms with E-state index in [1.165, 1.54) is 17.2 Å². The Balaban J connectivity index is 2.36. The molecule has 0 aromatic rings. The molecule has 0 bridgehead atoms. The van der Waals surface area contributed by atoms with Crippen LogP contribution in [0.25, 0.3) is 0 Å². The molecule has 0 saturated heterocycles. The lowest BCUT2D eigenvalue weighted by Crippen LogP contribution is -2.09. The number of allylic oxidation sites excluding steroid dienone is 6. The summed E-state index contributed by atoms with van der Waals surface area (Å²) in [5.41, 5.74) is 4.00. The Morgan fingerprint density at radius 3 is 2.42 bits per heavy atom. The zero-order valence-corrected chi connectivity index (χ0v) is 14.9. The van der Waals surface area contributed by atoms with Crippen LogP contribution in [0.3, 0.4) is 0 Å². The van der Waals surface area contributed by atoms with Crippen LogP contribution in [0.15, 0.2) is 46.6 Å². The van der Waals surface area contributed by atoms with Gasteiger partial charge in [0.25, 0.3) is 0 Å². The molecule has 1 aliphatic rings. The lowest BCUT2D eigenvalue weighted by Gasteiger charge is -2.06. The Morgan fingerprint density at radius 2 is 1.83 bits per heavy atom. The van der Waals surface area contributed by atoms with E-state index >= 15 is 0 Å². The zero-order valence-electron chi connectivity index (χ0n) is 14.9. The molecule has 0 amide bonds. The lowest BCUT2D eigenvalue weighted by molar-refractivity contribution is -0.151. The van der Waals surface area contributed by atoms with Crippen molar-refractivity contribution in [3.8, 4) is 0 Å². The molecule has 0 aromatic heterocycles. The SMILES string of the molecule is CC(C)=CCC/C(C)=C/CC/C(C=O)=C/CCC1=CC(=O)OC1O. The van der Waals surface area contributed by atoms with Gasteiger partial charge in [-0.25, -0.2) is 4.79 Å². The van der Waals surface area contributed by atoms with Crippen molar-refractivity contribution in [1.82, 2.24) is 0 Å². The molecule has 0 fully saturated rings. The number of hydrogen-bond acceptors (Lipinski definition) is 4. The minimum absolute atomic E-state index is 0.509. The molecular formula is C20H28O4. The van der Waals surface area contributed by atoms with E-state index in [0.717, 1.165) is 31.1 Å². The van der Waals surface area contributed by atoms with Gasteiger partial charge < -0.3 is 9.84 Å². The number of aldehydes is 1. The van der Waals surface area contributed by atoms with Crippen molar-refractivity contribution >= 4 is 12.3 Å². The monoisotopic (exact) mass is 332 g/mol. The number of aliphatic hydroxyl groups is 1. The fourth-order valence-corrected chi connectivity index (χ4v) is 2.45. The molecule has 0 spiro atoms. The van der Waals surface area contributed by atoms with E-state index in [9.17, 15) is 14.7 Å². The quantitative estimate of drug-likeness (QED) is 0.282. The Labute approximate surface area is 144 Å². The maximum atomic E-state index is 11.1. The van der Waals surface area contributed by atoms with Gasteiger partial charge in [0.2, 0.25) is 6.29 Å². The number of carbonyl (C=O) groups excluding carboxylic acids is 2. The topological polar surface area (TPSA) is 63.6 Å². The maximum absolute atomic E-state index is 11.1. The Kier molecular flexibility index (Phi) is 9.02. The molecule has 1 unspecified atom stereocenters. The first-order chi connectivity index (χ1) is 11.4. The van der Waals surface area contributed by atoms with Crippen molar-refractivity contribution in [1.29, 1.82) is 0 Å². The van der Waals surface area contributed by atoms with E-state index in [-0.39, 0.29) is 0 Å². The van der Waals surface area contributed by atoms with Crippen molar-refractivity contribution in [2.75, 3.05) is 0 Å². The van der Waals surface area contributed by atoms with Crippen molar-refractivity contribution < 1.29 is 19.4 Å². The lowest BCUT2D eigenvalue weighted by atomic mass is 10.0. The maximum Gasteiger partial charge on any atom is 0.333 e. The smallest absolute Gasteiger partial charge is 0.333 e. The van der Waals surface area contributed by atoms with Gasteiger partial charge in [-0.1, -0.05) is 29.4 Å². The highest BCUT2D eigenvalue weighted by molar-refractivity contribution is 5.85. The average Bonchev–Trinajstić information content (AvgIpc) is 2.83. The number of ether oxygens (including phenoxy) is 1. The average molecular weight is 332 g/mol. The highest BCUT2D eigenvalue weighted by atomic mass is 16.6. The van der Waals surface area contributed by atoms with Crippen molar-refractivity contribution in [2.24, 2.45) is 0 Å². The molecule has 0 saturated carbocycles. The van der Waals surface area contributed by atoms with Crippen molar-refractivity contribution in [2.45, 2.75) is 65.6 Å². The fourth-order valence-electron chi connectivity index (χ4n) is 2.45. The number of cyclic esters (lactones) is 1. The Hall–Kier alpha value is -1.94. The standard InChI is InChI=1S/C20H28O4/c1-15(2)7-4-8-16(3)9-5-10-17(14-21)11-6-12-18-13-19(22)24-20(18)23/h7,9,11,13-14,20,23H,4-6,8,10,12H2,1-3H3/b16-9+,17-11-. The van der Waals surface area contributed by atoms with E-state index in [0.29, 0.717) is 24.8 Å². The largest absolute Gasteiger partial charge is 0.429 e. The highest BCUT2D eigenvalue weighted by Gasteiger charge is 2.22. The molecule has 0 radical (unpaired) electrons. The third kappa shape index (κ3) is 8.06. The van der Waals surface area contributed by atoms with Crippen LogP contribution in [0, 0.1) is 0 Å². The number of esters is 1. The number of hydrogen-bond donors (Lipinski definition) is 1. The summed E-state index contributed by atoms with van der Waals surface area (Å²) >= 11 is 0. The van der Waals surface area contributed by atoms with Crippen LogP contribution in [-0.4, -0.2) is 23.7 Å². The van der Waals surface area contributed by atoms with Crippen LogP contribution >= 0.6 is 0 Å². The summed E-state index contributed by atoms with van der Waals surface area (Å²) in [6.45, 7) is 6.32. The molecule has 4 nitrogen and oxygen atoms in total. The van der Waals surface area contributed by atoms with Gasteiger partial charge in [0, 0.05) is 11.6 Å². The highest BCUT2D eigenvalue weighted by Crippen LogP contribution is 2.19. The van der Waals surface area contributed by atoms with Gasteiger partial charge >= 0.3 is 5.97 Å². The Morgan fingerprint density at radius 1 is 1.12 bits per heavy atom. The second-order valence-electron chi connectivity index (χ2n) is 6.35. The molecule has 1 rings (SSSR count). The van der Waals surface area contributed by atoms with Gasteiger partial charge in [0.05, 0.1) is 0 Å². The summed E-state index contributed by atoms with van der Waals surface area (Å²) in [6, 6.07) is 0. The van der Waals surface area contributed by atoms with E-state index < -0.39 is 12.3 Å². The van der Waals surface area contributed by atoms with Gasteiger partial charge in [-0.2, -0.15) is 0 Å². The number of carbonyl (C=O) groups is 2.